The lowest BCUT2D eigenvalue weighted by Crippen LogP contribution is -2.34. The number of ether oxygens (including phenoxy) is 1. The van der Waals surface area contributed by atoms with Crippen LogP contribution in [0.15, 0.2) is 0 Å². The fourth-order valence-corrected chi connectivity index (χ4v) is 1.42. The molecule has 1 aliphatic heterocycles. The molecule has 0 radical (unpaired) electrons. The average molecular weight is 197 g/mol. The van der Waals surface area contributed by atoms with E-state index < -0.39 is 24.0 Å². The van der Waals surface area contributed by atoms with Gasteiger partial charge in [-0.3, -0.25) is 4.79 Å². The van der Waals surface area contributed by atoms with Crippen LogP contribution in [0.2, 0.25) is 0 Å². The summed E-state index contributed by atoms with van der Waals surface area (Å²) in [7, 11) is 1.09. The Kier molecular flexibility index (Phi) is 2.80. The monoisotopic (exact) mass is 197 g/mol. The Hall–Kier alpha value is -0.780. The van der Waals surface area contributed by atoms with Gasteiger partial charge in [0.15, 0.2) is 0 Å². The van der Waals surface area contributed by atoms with Crippen molar-refractivity contribution in [2.45, 2.75) is 6.18 Å². The molecule has 2 atom stereocenters. The molecule has 76 valence electrons. The van der Waals surface area contributed by atoms with E-state index in [4.69, 9.17) is 0 Å². The van der Waals surface area contributed by atoms with Gasteiger partial charge in [-0.1, -0.05) is 0 Å². The van der Waals surface area contributed by atoms with Crippen LogP contribution in [-0.4, -0.2) is 32.3 Å². The summed E-state index contributed by atoms with van der Waals surface area (Å²) >= 11 is 0. The SMILES string of the molecule is COC(=O)[C@@H]1CNC[C@H]1C(F)(F)F. The lowest BCUT2D eigenvalue weighted by Gasteiger charge is -2.18. The number of nitrogens with one attached hydrogen (secondary N) is 1. The van der Waals surface area contributed by atoms with Crippen LogP contribution in [0.1, 0.15) is 0 Å². The van der Waals surface area contributed by atoms with Gasteiger partial charge in [-0.15, -0.1) is 0 Å². The molecule has 0 aromatic carbocycles. The highest BCUT2D eigenvalue weighted by Crippen LogP contribution is 2.34. The first-order chi connectivity index (χ1) is 5.96. The molecule has 1 fully saturated rings. The summed E-state index contributed by atoms with van der Waals surface area (Å²) in [5.41, 5.74) is 0. The highest BCUT2D eigenvalue weighted by molar-refractivity contribution is 5.73. The highest BCUT2D eigenvalue weighted by Gasteiger charge is 2.50. The molecule has 3 nitrogen and oxygen atoms in total. The molecule has 1 saturated heterocycles. The predicted octanol–water partition coefficient (Wildman–Crippen LogP) is 0.557. The number of methoxy groups -OCH3 is 1. The van der Waals surface area contributed by atoms with E-state index in [9.17, 15) is 18.0 Å². The van der Waals surface area contributed by atoms with E-state index in [2.05, 4.69) is 10.1 Å². The van der Waals surface area contributed by atoms with Gasteiger partial charge in [-0.05, 0) is 0 Å². The maximum Gasteiger partial charge on any atom is 0.393 e. The lowest BCUT2D eigenvalue weighted by molar-refractivity contribution is -0.188. The summed E-state index contributed by atoms with van der Waals surface area (Å²) in [6.07, 6.45) is -4.33. The standard InChI is InChI=1S/C7H10F3NO2/c1-13-6(12)4-2-11-3-5(4)7(8,9)10/h4-5,11H,2-3H2,1H3/t4-,5-/m1/s1. The first kappa shape index (κ1) is 10.3. The summed E-state index contributed by atoms with van der Waals surface area (Å²) in [6.45, 7) is -0.167. The van der Waals surface area contributed by atoms with E-state index in [1.807, 2.05) is 0 Å². The van der Waals surface area contributed by atoms with Gasteiger partial charge in [0.2, 0.25) is 0 Å². The van der Waals surface area contributed by atoms with Crippen LogP contribution in [0, 0.1) is 11.8 Å². The van der Waals surface area contributed by atoms with Gasteiger partial charge in [0.1, 0.15) is 0 Å². The Balaban J connectivity index is 2.70. The molecule has 13 heavy (non-hydrogen) atoms. The van der Waals surface area contributed by atoms with Crippen molar-refractivity contribution in [1.82, 2.24) is 5.32 Å². The van der Waals surface area contributed by atoms with Crippen LogP contribution >= 0.6 is 0 Å². The van der Waals surface area contributed by atoms with E-state index in [1.165, 1.54) is 0 Å². The molecule has 1 heterocycles. The summed E-state index contributed by atoms with van der Waals surface area (Å²) in [5, 5.41) is 2.52. The molecule has 0 unspecified atom stereocenters. The second-order valence-electron chi connectivity index (χ2n) is 2.94. The van der Waals surface area contributed by atoms with Crippen molar-refractivity contribution < 1.29 is 22.7 Å². The third-order valence-electron chi connectivity index (χ3n) is 2.14. The third kappa shape index (κ3) is 2.12. The molecule has 1 aliphatic rings. The topological polar surface area (TPSA) is 38.3 Å². The maximum absolute atomic E-state index is 12.3. The first-order valence-electron chi connectivity index (χ1n) is 3.82. The van der Waals surface area contributed by atoms with Gasteiger partial charge in [0, 0.05) is 13.1 Å². The smallest absolute Gasteiger partial charge is 0.393 e. The minimum atomic E-state index is -4.33. The van der Waals surface area contributed by atoms with Crippen molar-refractivity contribution in [3.8, 4) is 0 Å². The van der Waals surface area contributed by atoms with Crippen LogP contribution in [0.3, 0.4) is 0 Å². The molecule has 0 aliphatic carbocycles. The van der Waals surface area contributed by atoms with Crippen LogP contribution < -0.4 is 5.32 Å². The molecule has 0 saturated carbocycles. The number of hydrogen-bond donors (Lipinski definition) is 1. The second-order valence-corrected chi connectivity index (χ2v) is 2.94. The number of carbonyl (C=O) groups excluding carboxylic acids is 1. The van der Waals surface area contributed by atoms with Crippen LogP contribution in [0.25, 0.3) is 0 Å². The average Bonchev–Trinajstić information content (AvgIpc) is 2.49. The number of esters is 1. The highest BCUT2D eigenvalue weighted by atomic mass is 19.4. The summed E-state index contributed by atoms with van der Waals surface area (Å²) in [4.78, 5) is 10.9. The van der Waals surface area contributed by atoms with Gasteiger partial charge in [0.25, 0.3) is 0 Å². The van der Waals surface area contributed by atoms with E-state index >= 15 is 0 Å². The molecule has 0 spiro atoms. The Bertz CT molecular complexity index is 204. The summed E-state index contributed by atoms with van der Waals surface area (Å²) in [6, 6.07) is 0. The Morgan fingerprint density at radius 3 is 2.54 bits per heavy atom. The molecule has 1 rings (SSSR count). The number of hydrogen-bond acceptors (Lipinski definition) is 3. The zero-order valence-corrected chi connectivity index (χ0v) is 7.02. The van der Waals surface area contributed by atoms with Crippen molar-refractivity contribution >= 4 is 5.97 Å². The maximum atomic E-state index is 12.3. The lowest BCUT2D eigenvalue weighted by atomic mass is 9.96. The third-order valence-corrected chi connectivity index (χ3v) is 2.14. The van der Waals surface area contributed by atoms with Crippen LogP contribution in [0.4, 0.5) is 13.2 Å². The van der Waals surface area contributed by atoms with Crippen molar-refractivity contribution in [3.63, 3.8) is 0 Å². The predicted molar refractivity (Wildman–Crippen MR) is 37.9 cm³/mol. The molecule has 0 amide bonds. The fraction of sp³-hybridized carbons (Fsp3) is 0.857. The van der Waals surface area contributed by atoms with E-state index in [-0.39, 0.29) is 13.1 Å². The molecule has 0 aromatic heterocycles. The number of halogens is 3. The van der Waals surface area contributed by atoms with Crippen molar-refractivity contribution in [2.24, 2.45) is 11.8 Å². The molecule has 0 bridgehead atoms. The van der Waals surface area contributed by atoms with E-state index in [0.29, 0.717) is 0 Å². The number of rotatable bonds is 1. The normalized spacial score (nSPS) is 28.9. The minimum absolute atomic E-state index is 0.0385. The fourth-order valence-electron chi connectivity index (χ4n) is 1.42. The molecule has 6 heteroatoms. The minimum Gasteiger partial charge on any atom is -0.469 e. The summed E-state index contributed by atoms with van der Waals surface area (Å²) in [5.74, 6) is -3.50. The van der Waals surface area contributed by atoms with Crippen LogP contribution in [0.5, 0.6) is 0 Å². The van der Waals surface area contributed by atoms with E-state index in [1.54, 1.807) is 0 Å². The van der Waals surface area contributed by atoms with Gasteiger partial charge in [-0.25, -0.2) is 0 Å². The Morgan fingerprint density at radius 2 is 2.08 bits per heavy atom. The largest absolute Gasteiger partial charge is 0.469 e. The zero-order chi connectivity index (χ0) is 10.1. The zero-order valence-electron chi connectivity index (χ0n) is 7.02. The number of alkyl halides is 3. The second kappa shape index (κ2) is 3.53. The Labute approximate surface area is 73.2 Å². The van der Waals surface area contributed by atoms with Gasteiger partial charge >= 0.3 is 12.1 Å². The van der Waals surface area contributed by atoms with Gasteiger partial charge < -0.3 is 10.1 Å². The summed E-state index contributed by atoms with van der Waals surface area (Å²) < 4.78 is 41.1. The first-order valence-corrected chi connectivity index (χ1v) is 3.82. The quantitative estimate of drug-likeness (QED) is 0.624. The van der Waals surface area contributed by atoms with E-state index in [0.717, 1.165) is 7.11 Å². The van der Waals surface area contributed by atoms with Crippen molar-refractivity contribution in [1.29, 1.82) is 0 Å². The van der Waals surface area contributed by atoms with Gasteiger partial charge in [0.05, 0.1) is 18.9 Å². The van der Waals surface area contributed by atoms with Gasteiger partial charge in [-0.2, -0.15) is 13.2 Å². The molecule has 0 aromatic rings. The molecular formula is C7H10F3NO2. The van der Waals surface area contributed by atoms with Crippen molar-refractivity contribution in [3.05, 3.63) is 0 Å². The Morgan fingerprint density at radius 1 is 1.46 bits per heavy atom. The molecule has 1 N–H and O–H groups in total. The van der Waals surface area contributed by atoms with Crippen LogP contribution in [-0.2, 0) is 9.53 Å². The van der Waals surface area contributed by atoms with Crippen molar-refractivity contribution in [2.75, 3.05) is 20.2 Å². The number of carbonyl (C=O) groups is 1. The molecular weight excluding hydrogens is 187 g/mol.